The Hall–Kier alpha value is -2.28. The van der Waals surface area contributed by atoms with Crippen LogP contribution >= 0.6 is 0 Å². The summed E-state index contributed by atoms with van der Waals surface area (Å²) >= 11 is 0. The maximum atomic E-state index is 12.0. The maximum Gasteiger partial charge on any atom is 0.332 e. The Morgan fingerprint density at radius 3 is 2.15 bits per heavy atom. The van der Waals surface area contributed by atoms with Gasteiger partial charge in [0.05, 0.1) is 26.9 Å². The number of benzene rings is 1. The van der Waals surface area contributed by atoms with Gasteiger partial charge in [-0.1, -0.05) is 0 Å². The van der Waals surface area contributed by atoms with Crippen LogP contribution in [0.5, 0.6) is 17.2 Å². The van der Waals surface area contributed by atoms with Gasteiger partial charge in [0.25, 0.3) is 0 Å². The highest BCUT2D eigenvalue weighted by Gasteiger charge is 2.24. The van der Waals surface area contributed by atoms with Crippen LogP contribution in [0.3, 0.4) is 0 Å². The van der Waals surface area contributed by atoms with Crippen LogP contribution in [0.1, 0.15) is 16.8 Å². The molecule has 1 unspecified atom stereocenters. The Kier molecular flexibility index (Phi) is 5.33. The van der Waals surface area contributed by atoms with Crippen molar-refractivity contribution in [3.05, 3.63) is 17.7 Å². The maximum absolute atomic E-state index is 12.0. The number of methoxy groups -OCH3 is 3. The van der Waals surface area contributed by atoms with Gasteiger partial charge in [-0.15, -0.1) is 0 Å². The van der Waals surface area contributed by atoms with Crippen LogP contribution < -0.4 is 14.2 Å². The number of ether oxygens (including phenoxy) is 3. The molecule has 2 N–H and O–H groups in total. The molecule has 0 bridgehead atoms. The van der Waals surface area contributed by atoms with Gasteiger partial charge in [-0.25, -0.2) is 4.79 Å². The predicted molar refractivity (Wildman–Crippen MR) is 68.7 cm³/mol. The van der Waals surface area contributed by atoms with Gasteiger partial charge in [0.2, 0.25) is 5.75 Å². The Labute approximate surface area is 115 Å². The minimum Gasteiger partial charge on any atom is -0.493 e. The predicted octanol–water partition coefficient (Wildman–Crippen LogP) is 0.731. The van der Waals surface area contributed by atoms with E-state index in [4.69, 9.17) is 19.3 Å². The molecule has 0 spiro atoms. The number of hydrogen-bond acceptors (Lipinski definition) is 6. The third-order valence-electron chi connectivity index (χ3n) is 2.67. The van der Waals surface area contributed by atoms with Gasteiger partial charge >= 0.3 is 5.97 Å². The van der Waals surface area contributed by atoms with Crippen molar-refractivity contribution in [2.24, 2.45) is 0 Å². The highest BCUT2D eigenvalue weighted by Crippen LogP contribution is 2.40. The molecule has 0 aliphatic carbocycles. The average Bonchev–Trinajstić information content (AvgIpc) is 2.44. The molecule has 110 valence electrons. The first-order valence-corrected chi connectivity index (χ1v) is 5.69. The molecule has 0 aromatic heterocycles. The van der Waals surface area contributed by atoms with Crippen LogP contribution in [0.4, 0.5) is 0 Å². The number of hydrogen-bond donors (Lipinski definition) is 2. The van der Waals surface area contributed by atoms with Crippen LogP contribution in [0, 0.1) is 0 Å². The summed E-state index contributed by atoms with van der Waals surface area (Å²) in [5.74, 6) is -1.30. The molecule has 20 heavy (non-hydrogen) atoms. The van der Waals surface area contributed by atoms with Crippen molar-refractivity contribution in [1.82, 2.24) is 0 Å². The normalized spacial score (nSPS) is 11.6. The van der Waals surface area contributed by atoms with E-state index < -0.39 is 24.3 Å². The Morgan fingerprint density at radius 1 is 1.10 bits per heavy atom. The zero-order valence-corrected chi connectivity index (χ0v) is 11.4. The largest absolute Gasteiger partial charge is 0.493 e. The molecule has 0 aliphatic rings. The molecule has 1 aromatic rings. The number of aliphatic hydroxyl groups excluding tert-OH is 1. The second-order valence-corrected chi connectivity index (χ2v) is 3.86. The van der Waals surface area contributed by atoms with Crippen molar-refractivity contribution < 1.29 is 34.0 Å². The Bertz CT molecular complexity index is 510. The van der Waals surface area contributed by atoms with Gasteiger partial charge in [0.15, 0.2) is 23.4 Å². The SMILES string of the molecule is COc1ccc(C(=O)CC(O)C(=O)O)c(OC)c1OC. The molecule has 1 aromatic carbocycles. The first kappa shape index (κ1) is 15.8. The van der Waals surface area contributed by atoms with Gasteiger partial charge in [0, 0.05) is 6.42 Å². The van der Waals surface area contributed by atoms with Crippen LogP contribution in [-0.2, 0) is 4.79 Å². The Morgan fingerprint density at radius 2 is 1.70 bits per heavy atom. The molecule has 0 saturated carbocycles. The number of rotatable bonds is 7. The highest BCUT2D eigenvalue weighted by atomic mass is 16.5. The lowest BCUT2D eigenvalue weighted by molar-refractivity contribution is -0.146. The first-order chi connectivity index (χ1) is 9.46. The summed E-state index contributed by atoms with van der Waals surface area (Å²) < 4.78 is 15.3. The van der Waals surface area contributed by atoms with E-state index in [0.29, 0.717) is 5.75 Å². The van der Waals surface area contributed by atoms with E-state index in [1.807, 2.05) is 0 Å². The second kappa shape index (κ2) is 6.76. The number of carbonyl (C=O) groups is 2. The topological polar surface area (TPSA) is 102 Å². The van der Waals surface area contributed by atoms with Crippen molar-refractivity contribution in [2.75, 3.05) is 21.3 Å². The zero-order valence-electron chi connectivity index (χ0n) is 11.4. The fraction of sp³-hybridized carbons (Fsp3) is 0.385. The monoisotopic (exact) mass is 284 g/mol. The Balaban J connectivity index is 3.18. The van der Waals surface area contributed by atoms with Gasteiger partial charge in [-0.05, 0) is 12.1 Å². The summed E-state index contributed by atoms with van der Waals surface area (Å²) in [6.07, 6.45) is -2.32. The molecule has 0 amide bonds. The molecule has 1 atom stereocenters. The summed E-state index contributed by atoms with van der Waals surface area (Å²) in [6, 6.07) is 2.93. The van der Waals surface area contributed by atoms with E-state index in [-0.39, 0.29) is 17.1 Å². The summed E-state index contributed by atoms with van der Waals surface area (Å²) in [5.41, 5.74) is 0.116. The third kappa shape index (κ3) is 3.18. The molecule has 0 heterocycles. The van der Waals surface area contributed by atoms with E-state index in [0.717, 1.165) is 0 Å². The summed E-state index contributed by atoms with van der Waals surface area (Å²) in [6.45, 7) is 0. The molecular formula is C13H16O7. The van der Waals surface area contributed by atoms with E-state index in [2.05, 4.69) is 0 Å². The molecule has 0 fully saturated rings. The molecule has 0 radical (unpaired) electrons. The fourth-order valence-electron chi connectivity index (χ4n) is 1.69. The van der Waals surface area contributed by atoms with Gasteiger partial charge in [-0.2, -0.15) is 0 Å². The zero-order chi connectivity index (χ0) is 15.3. The summed E-state index contributed by atoms with van der Waals surface area (Å²) in [4.78, 5) is 22.6. The third-order valence-corrected chi connectivity index (χ3v) is 2.67. The van der Waals surface area contributed by atoms with Crippen LogP contribution in [0.2, 0.25) is 0 Å². The van der Waals surface area contributed by atoms with Crippen molar-refractivity contribution in [2.45, 2.75) is 12.5 Å². The molecule has 7 nitrogen and oxygen atoms in total. The van der Waals surface area contributed by atoms with Crippen molar-refractivity contribution in [3.8, 4) is 17.2 Å². The first-order valence-electron chi connectivity index (χ1n) is 5.69. The van der Waals surface area contributed by atoms with E-state index in [9.17, 15) is 14.7 Å². The lowest BCUT2D eigenvalue weighted by Gasteiger charge is -2.15. The van der Waals surface area contributed by atoms with E-state index in [1.165, 1.54) is 33.5 Å². The van der Waals surface area contributed by atoms with Crippen LogP contribution in [0.25, 0.3) is 0 Å². The van der Waals surface area contributed by atoms with Gasteiger partial charge in [-0.3, -0.25) is 4.79 Å². The lowest BCUT2D eigenvalue weighted by atomic mass is 10.0. The molecule has 0 saturated heterocycles. The standard InChI is InChI=1S/C13H16O7/c1-18-10-5-4-7(11(19-2)12(10)20-3)8(14)6-9(15)13(16)17/h4-5,9,15H,6H2,1-3H3,(H,16,17). The second-order valence-electron chi connectivity index (χ2n) is 3.86. The van der Waals surface area contributed by atoms with Crippen LogP contribution in [-0.4, -0.2) is 49.4 Å². The van der Waals surface area contributed by atoms with E-state index in [1.54, 1.807) is 0 Å². The molecule has 1 rings (SSSR count). The molecular weight excluding hydrogens is 268 g/mol. The molecule has 7 heteroatoms. The quantitative estimate of drug-likeness (QED) is 0.711. The van der Waals surface area contributed by atoms with Crippen molar-refractivity contribution in [1.29, 1.82) is 0 Å². The highest BCUT2D eigenvalue weighted by molar-refractivity contribution is 6.01. The lowest BCUT2D eigenvalue weighted by Crippen LogP contribution is -2.23. The van der Waals surface area contributed by atoms with Crippen LogP contribution in [0.15, 0.2) is 12.1 Å². The average molecular weight is 284 g/mol. The number of carboxylic acids is 1. The number of Topliss-reactive ketones (excluding diaryl/α,β-unsaturated/α-hetero) is 1. The number of carboxylic acid groups (broad SMARTS) is 1. The number of carbonyl (C=O) groups excluding carboxylic acids is 1. The van der Waals surface area contributed by atoms with Gasteiger partial charge in [0.1, 0.15) is 0 Å². The number of aliphatic carboxylic acids is 1. The minimum absolute atomic E-state index is 0.116. The minimum atomic E-state index is -1.76. The van der Waals surface area contributed by atoms with E-state index >= 15 is 0 Å². The summed E-state index contributed by atoms with van der Waals surface area (Å²) in [7, 11) is 4.18. The van der Waals surface area contributed by atoms with Gasteiger partial charge < -0.3 is 24.4 Å². The number of aliphatic hydroxyl groups is 1. The van der Waals surface area contributed by atoms with Crippen molar-refractivity contribution in [3.63, 3.8) is 0 Å². The molecule has 0 aliphatic heterocycles. The van der Waals surface area contributed by atoms with Crippen molar-refractivity contribution >= 4 is 11.8 Å². The smallest absolute Gasteiger partial charge is 0.332 e. The number of ketones is 1. The summed E-state index contributed by atoms with van der Waals surface area (Å²) in [5, 5.41) is 17.8. The fourth-order valence-corrected chi connectivity index (χ4v) is 1.69.